The van der Waals surface area contributed by atoms with Gasteiger partial charge >= 0.3 is 0 Å². The largest absolute Gasteiger partial charge is 0.488 e. The minimum Gasteiger partial charge on any atom is -0.488 e. The summed E-state index contributed by atoms with van der Waals surface area (Å²) >= 11 is 0. The third-order valence-corrected chi connectivity index (χ3v) is 6.20. The van der Waals surface area contributed by atoms with Crippen molar-refractivity contribution < 1.29 is 14.6 Å². The molecule has 0 fully saturated rings. The molecule has 1 aliphatic rings. The number of hydrogen-bond donors (Lipinski definition) is 1. The lowest BCUT2D eigenvalue weighted by molar-refractivity contribution is -0.134. The lowest BCUT2D eigenvalue weighted by Gasteiger charge is -2.34. The molecule has 1 N–H and O–H groups in total. The van der Waals surface area contributed by atoms with Gasteiger partial charge in [-0.05, 0) is 37.7 Å². The summed E-state index contributed by atoms with van der Waals surface area (Å²) in [6, 6.07) is 16.2. The number of anilines is 1. The summed E-state index contributed by atoms with van der Waals surface area (Å²) in [4.78, 5) is 19.3. The van der Waals surface area contributed by atoms with Gasteiger partial charge in [-0.15, -0.1) is 0 Å². The number of ether oxygens (including phenoxy) is 1. The number of hydrogen-bond acceptors (Lipinski definition) is 5. The second-order valence-corrected chi connectivity index (χ2v) is 9.26. The smallest absolute Gasteiger partial charge is 0.227 e. The Labute approximate surface area is 192 Å². The second-order valence-electron chi connectivity index (χ2n) is 9.26. The van der Waals surface area contributed by atoms with Gasteiger partial charge in [-0.2, -0.15) is 0 Å². The summed E-state index contributed by atoms with van der Waals surface area (Å²) in [6.07, 6.45) is 0.174. The molecule has 2 aromatic rings. The van der Waals surface area contributed by atoms with E-state index in [1.165, 1.54) is 5.56 Å². The fourth-order valence-corrected chi connectivity index (χ4v) is 4.18. The van der Waals surface area contributed by atoms with Gasteiger partial charge < -0.3 is 19.6 Å². The van der Waals surface area contributed by atoms with Crippen LogP contribution in [-0.4, -0.2) is 73.8 Å². The predicted molar refractivity (Wildman–Crippen MR) is 129 cm³/mol. The van der Waals surface area contributed by atoms with E-state index in [2.05, 4.69) is 43.1 Å². The summed E-state index contributed by atoms with van der Waals surface area (Å²) in [5.41, 5.74) is 3.18. The van der Waals surface area contributed by atoms with E-state index in [-0.39, 0.29) is 37.0 Å². The number of rotatable bonds is 7. The van der Waals surface area contributed by atoms with E-state index in [0.717, 1.165) is 30.1 Å². The van der Waals surface area contributed by atoms with Crippen molar-refractivity contribution in [2.24, 2.45) is 5.92 Å². The zero-order chi connectivity index (χ0) is 23.3. The standard InChI is InChI=1S/C26H37N3O3/c1-19-15-29(20(2)18-30)26(31)14-22-13-23(27(3)4)11-12-24(22)32-25(19)17-28(5)16-21-9-7-6-8-10-21/h6-13,19-20,25,30H,14-18H2,1-5H3/t19-,20+,25+/m0/s1. The van der Waals surface area contributed by atoms with Crippen LogP contribution in [-0.2, 0) is 17.8 Å². The van der Waals surface area contributed by atoms with E-state index in [0.29, 0.717) is 6.54 Å². The second kappa shape index (κ2) is 10.8. The van der Waals surface area contributed by atoms with E-state index in [4.69, 9.17) is 4.74 Å². The first-order chi connectivity index (χ1) is 15.3. The predicted octanol–water partition coefficient (Wildman–Crippen LogP) is 3.03. The normalized spacial score (nSPS) is 20.1. The molecule has 0 aromatic heterocycles. The van der Waals surface area contributed by atoms with Gasteiger partial charge in [0.15, 0.2) is 0 Å². The number of amides is 1. The summed E-state index contributed by atoms with van der Waals surface area (Å²) < 4.78 is 6.58. The maximum absolute atomic E-state index is 13.2. The number of carbonyl (C=O) groups excluding carboxylic acids is 1. The van der Waals surface area contributed by atoms with E-state index in [1.54, 1.807) is 0 Å². The topological polar surface area (TPSA) is 56.2 Å². The van der Waals surface area contributed by atoms with Crippen LogP contribution in [0.5, 0.6) is 5.75 Å². The van der Waals surface area contributed by atoms with Crippen molar-refractivity contribution in [3.63, 3.8) is 0 Å². The quantitative estimate of drug-likeness (QED) is 0.719. The van der Waals surface area contributed by atoms with Gasteiger partial charge in [0, 0.05) is 50.9 Å². The SMILES string of the molecule is C[C@H](CO)N1C[C@H](C)[C@@H](CN(C)Cc2ccccc2)Oc2ccc(N(C)C)cc2CC1=O. The molecule has 1 amide bonds. The van der Waals surface area contributed by atoms with Crippen molar-refractivity contribution in [2.45, 2.75) is 39.0 Å². The first-order valence-electron chi connectivity index (χ1n) is 11.4. The molecule has 2 aromatic carbocycles. The number of fused-ring (bicyclic) bond motifs is 1. The fourth-order valence-electron chi connectivity index (χ4n) is 4.18. The van der Waals surface area contributed by atoms with E-state index in [9.17, 15) is 9.90 Å². The number of nitrogens with zero attached hydrogens (tertiary/aromatic N) is 3. The molecule has 1 aliphatic heterocycles. The Morgan fingerprint density at radius 3 is 2.53 bits per heavy atom. The molecule has 1 heterocycles. The molecule has 0 bridgehead atoms. The molecule has 0 saturated carbocycles. The lowest BCUT2D eigenvalue weighted by atomic mass is 10.0. The molecule has 0 radical (unpaired) electrons. The van der Waals surface area contributed by atoms with Crippen LogP contribution < -0.4 is 9.64 Å². The summed E-state index contributed by atoms with van der Waals surface area (Å²) in [5, 5.41) is 9.77. The van der Waals surface area contributed by atoms with Crippen LogP contribution in [0.1, 0.15) is 25.0 Å². The summed E-state index contributed by atoms with van der Waals surface area (Å²) in [7, 11) is 6.08. The summed E-state index contributed by atoms with van der Waals surface area (Å²) in [5.74, 6) is 0.899. The highest BCUT2D eigenvalue weighted by molar-refractivity contribution is 5.80. The van der Waals surface area contributed by atoms with Crippen LogP contribution in [0.25, 0.3) is 0 Å². The minimum absolute atomic E-state index is 0.0254. The average Bonchev–Trinajstić information content (AvgIpc) is 2.81. The van der Waals surface area contributed by atoms with Gasteiger partial charge in [0.2, 0.25) is 5.91 Å². The van der Waals surface area contributed by atoms with Gasteiger partial charge in [0.1, 0.15) is 11.9 Å². The molecular weight excluding hydrogens is 402 g/mol. The summed E-state index contributed by atoms with van der Waals surface area (Å²) in [6.45, 7) is 6.10. The molecule has 0 aliphatic carbocycles. The maximum atomic E-state index is 13.2. The van der Waals surface area contributed by atoms with Gasteiger partial charge in [-0.3, -0.25) is 9.69 Å². The van der Waals surface area contributed by atoms with Gasteiger partial charge in [-0.1, -0.05) is 37.3 Å². The highest BCUT2D eigenvalue weighted by Crippen LogP contribution is 2.30. The van der Waals surface area contributed by atoms with E-state index < -0.39 is 0 Å². The average molecular weight is 440 g/mol. The Hall–Kier alpha value is -2.57. The van der Waals surface area contributed by atoms with Crippen LogP contribution in [0.15, 0.2) is 48.5 Å². The molecule has 6 heteroatoms. The third kappa shape index (κ3) is 6.02. The van der Waals surface area contributed by atoms with Crippen LogP contribution >= 0.6 is 0 Å². The van der Waals surface area contributed by atoms with Crippen LogP contribution in [0.2, 0.25) is 0 Å². The zero-order valence-electron chi connectivity index (χ0n) is 20.0. The Morgan fingerprint density at radius 2 is 1.88 bits per heavy atom. The Kier molecular flexibility index (Phi) is 8.15. The van der Waals surface area contributed by atoms with Gasteiger partial charge in [0.05, 0.1) is 19.1 Å². The van der Waals surface area contributed by atoms with Crippen LogP contribution in [0, 0.1) is 5.92 Å². The fraction of sp³-hybridized carbons (Fsp3) is 0.500. The van der Waals surface area contributed by atoms with Crippen molar-refractivity contribution in [3.8, 4) is 5.75 Å². The van der Waals surface area contributed by atoms with Crippen molar-refractivity contribution in [3.05, 3.63) is 59.7 Å². The molecular formula is C26H37N3O3. The number of benzene rings is 2. The number of aliphatic hydroxyl groups is 1. The van der Waals surface area contributed by atoms with Crippen LogP contribution in [0.3, 0.4) is 0 Å². The van der Waals surface area contributed by atoms with Crippen molar-refractivity contribution >= 4 is 11.6 Å². The highest BCUT2D eigenvalue weighted by atomic mass is 16.5. The molecule has 0 saturated heterocycles. The third-order valence-electron chi connectivity index (χ3n) is 6.20. The van der Waals surface area contributed by atoms with Gasteiger partial charge in [-0.25, -0.2) is 0 Å². The monoisotopic (exact) mass is 439 g/mol. The molecule has 6 nitrogen and oxygen atoms in total. The Bertz CT molecular complexity index is 887. The maximum Gasteiger partial charge on any atom is 0.227 e. The van der Waals surface area contributed by atoms with Gasteiger partial charge in [0.25, 0.3) is 0 Å². The molecule has 3 atom stereocenters. The zero-order valence-corrected chi connectivity index (χ0v) is 20.0. The highest BCUT2D eigenvalue weighted by Gasteiger charge is 2.31. The van der Waals surface area contributed by atoms with E-state index in [1.807, 2.05) is 55.1 Å². The van der Waals surface area contributed by atoms with E-state index >= 15 is 0 Å². The molecule has 0 spiro atoms. The van der Waals surface area contributed by atoms with Crippen molar-refractivity contribution in [2.75, 3.05) is 45.7 Å². The lowest BCUT2D eigenvalue weighted by Crippen LogP contribution is -2.47. The molecule has 3 rings (SSSR count). The van der Waals surface area contributed by atoms with Crippen molar-refractivity contribution in [1.82, 2.24) is 9.80 Å². The molecule has 174 valence electrons. The number of aliphatic hydroxyl groups excluding tert-OH is 1. The van der Waals surface area contributed by atoms with Crippen molar-refractivity contribution in [1.29, 1.82) is 0 Å². The number of carbonyl (C=O) groups is 1. The van der Waals surface area contributed by atoms with Crippen LogP contribution in [0.4, 0.5) is 5.69 Å². The number of likely N-dealkylation sites (N-methyl/N-ethyl adjacent to an activating group) is 1. The Morgan fingerprint density at radius 1 is 1.16 bits per heavy atom. The first kappa shape index (κ1) is 24.1. The first-order valence-corrected chi connectivity index (χ1v) is 11.4. The molecule has 32 heavy (non-hydrogen) atoms. The molecule has 0 unspecified atom stereocenters. The Balaban J connectivity index is 1.89. The minimum atomic E-state index is -0.230.